The first-order chi connectivity index (χ1) is 10.5. The van der Waals surface area contributed by atoms with E-state index in [1.165, 1.54) is 11.1 Å². The Balaban J connectivity index is 2.92. The third-order valence-corrected chi connectivity index (χ3v) is 3.45. The highest BCUT2D eigenvalue weighted by atomic mass is 15.1. The van der Waals surface area contributed by atoms with E-state index in [0.29, 0.717) is 0 Å². The summed E-state index contributed by atoms with van der Waals surface area (Å²) in [6, 6.07) is 6.34. The standard InChI is InChI=1S/C21H25N/c1-7-9-10-11-19(5)22(6)21(8-2)15-14-20-16-17(3)12-13-18(20)4/h7-10,12-13,16H,1,5,11H2,2-4,6H3/b10-9-,21-8-. The molecule has 0 spiro atoms. The second kappa shape index (κ2) is 8.74. The average Bonchev–Trinajstić information content (AvgIpc) is 2.51. The number of rotatable bonds is 5. The summed E-state index contributed by atoms with van der Waals surface area (Å²) in [6.45, 7) is 13.9. The molecule has 1 heteroatoms. The minimum atomic E-state index is 0.783. The average molecular weight is 291 g/mol. The van der Waals surface area contributed by atoms with Gasteiger partial charge in [-0.15, -0.1) is 0 Å². The molecule has 0 saturated heterocycles. The molecule has 1 nitrogen and oxygen atoms in total. The molecule has 22 heavy (non-hydrogen) atoms. The van der Waals surface area contributed by atoms with Gasteiger partial charge in [0.05, 0.1) is 5.70 Å². The van der Waals surface area contributed by atoms with Gasteiger partial charge in [-0.25, -0.2) is 0 Å². The molecule has 0 radical (unpaired) electrons. The summed E-state index contributed by atoms with van der Waals surface area (Å²) < 4.78 is 0. The van der Waals surface area contributed by atoms with Crippen molar-refractivity contribution in [3.8, 4) is 11.8 Å². The van der Waals surface area contributed by atoms with Crippen molar-refractivity contribution >= 4 is 0 Å². The molecule has 0 atom stereocenters. The molecule has 1 aromatic carbocycles. The third-order valence-electron chi connectivity index (χ3n) is 3.45. The van der Waals surface area contributed by atoms with Crippen LogP contribution in [0.25, 0.3) is 0 Å². The zero-order chi connectivity index (χ0) is 16.5. The van der Waals surface area contributed by atoms with Crippen molar-refractivity contribution in [1.82, 2.24) is 4.90 Å². The molecule has 0 heterocycles. The monoisotopic (exact) mass is 291 g/mol. The quantitative estimate of drug-likeness (QED) is 0.536. The minimum Gasteiger partial charge on any atom is -0.342 e. The molecule has 0 fully saturated rings. The number of hydrogen-bond donors (Lipinski definition) is 0. The van der Waals surface area contributed by atoms with Gasteiger partial charge in [-0.2, -0.15) is 0 Å². The highest BCUT2D eigenvalue weighted by Crippen LogP contribution is 2.13. The van der Waals surface area contributed by atoms with Crippen molar-refractivity contribution < 1.29 is 0 Å². The topological polar surface area (TPSA) is 3.24 Å². The summed E-state index contributed by atoms with van der Waals surface area (Å²) in [5.41, 5.74) is 5.46. The van der Waals surface area contributed by atoms with Gasteiger partial charge < -0.3 is 4.90 Å². The van der Waals surface area contributed by atoms with Gasteiger partial charge in [0.15, 0.2) is 0 Å². The van der Waals surface area contributed by atoms with E-state index >= 15 is 0 Å². The van der Waals surface area contributed by atoms with Crippen molar-refractivity contribution in [2.75, 3.05) is 7.05 Å². The minimum absolute atomic E-state index is 0.783. The third kappa shape index (κ3) is 5.14. The van der Waals surface area contributed by atoms with E-state index in [1.54, 1.807) is 6.08 Å². The lowest BCUT2D eigenvalue weighted by molar-refractivity contribution is 0.531. The van der Waals surface area contributed by atoms with E-state index < -0.39 is 0 Å². The van der Waals surface area contributed by atoms with Gasteiger partial charge in [0.25, 0.3) is 0 Å². The van der Waals surface area contributed by atoms with Crippen molar-refractivity contribution in [1.29, 1.82) is 0 Å². The van der Waals surface area contributed by atoms with Crippen LogP contribution in [0.5, 0.6) is 0 Å². The van der Waals surface area contributed by atoms with Crippen LogP contribution < -0.4 is 0 Å². The van der Waals surface area contributed by atoms with Gasteiger partial charge in [0, 0.05) is 24.7 Å². The molecule has 1 aromatic rings. The number of benzene rings is 1. The molecule has 0 aliphatic carbocycles. The number of hydrogen-bond acceptors (Lipinski definition) is 1. The number of nitrogens with zero attached hydrogens (tertiary/aromatic N) is 1. The summed E-state index contributed by atoms with van der Waals surface area (Å²) in [4.78, 5) is 2.03. The van der Waals surface area contributed by atoms with E-state index in [9.17, 15) is 0 Å². The van der Waals surface area contributed by atoms with E-state index in [4.69, 9.17) is 0 Å². The molecular weight excluding hydrogens is 266 g/mol. The lowest BCUT2D eigenvalue weighted by atomic mass is 10.1. The summed E-state index contributed by atoms with van der Waals surface area (Å²) >= 11 is 0. The van der Waals surface area contributed by atoms with Gasteiger partial charge >= 0.3 is 0 Å². The van der Waals surface area contributed by atoms with Crippen LogP contribution in [0.2, 0.25) is 0 Å². The molecule has 1 rings (SSSR count). The zero-order valence-electron chi connectivity index (χ0n) is 14.1. The Kier molecular flexibility index (Phi) is 6.99. The maximum atomic E-state index is 4.11. The first-order valence-corrected chi connectivity index (χ1v) is 7.44. The van der Waals surface area contributed by atoms with Crippen LogP contribution in [-0.2, 0) is 0 Å². The summed E-state index contributed by atoms with van der Waals surface area (Å²) in [5, 5.41) is 0. The summed E-state index contributed by atoms with van der Waals surface area (Å²) in [7, 11) is 2.00. The fourth-order valence-corrected chi connectivity index (χ4v) is 1.96. The molecule has 0 saturated carbocycles. The molecule has 0 aromatic heterocycles. The summed E-state index contributed by atoms with van der Waals surface area (Å²) in [5.74, 6) is 6.53. The second-order valence-corrected chi connectivity index (χ2v) is 5.24. The predicted molar refractivity (Wildman–Crippen MR) is 97.4 cm³/mol. The molecule has 114 valence electrons. The first-order valence-electron chi connectivity index (χ1n) is 7.44. The van der Waals surface area contributed by atoms with Crippen molar-refractivity contribution in [2.45, 2.75) is 27.2 Å². The second-order valence-electron chi connectivity index (χ2n) is 5.24. The molecular formula is C21H25N. The van der Waals surface area contributed by atoms with Crippen LogP contribution in [0, 0.1) is 25.7 Å². The zero-order valence-corrected chi connectivity index (χ0v) is 14.1. The lowest BCUT2D eigenvalue weighted by Gasteiger charge is -2.20. The fourth-order valence-electron chi connectivity index (χ4n) is 1.96. The Hall–Kier alpha value is -2.46. The van der Waals surface area contributed by atoms with Crippen LogP contribution in [-0.4, -0.2) is 11.9 Å². The van der Waals surface area contributed by atoms with E-state index in [1.807, 2.05) is 37.1 Å². The van der Waals surface area contributed by atoms with Gasteiger partial charge in [0.1, 0.15) is 0 Å². The van der Waals surface area contributed by atoms with Crippen LogP contribution in [0.15, 0.2) is 67.1 Å². The molecule has 0 aliphatic heterocycles. The van der Waals surface area contributed by atoms with E-state index in [-0.39, 0.29) is 0 Å². The van der Waals surface area contributed by atoms with Crippen LogP contribution in [0.3, 0.4) is 0 Å². The van der Waals surface area contributed by atoms with Crippen molar-refractivity contribution in [3.05, 3.63) is 83.7 Å². The maximum absolute atomic E-state index is 4.11. The van der Waals surface area contributed by atoms with Gasteiger partial charge in [-0.05, 0) is 43.9 Å². The highest BCUT2D eigenvalue weighted by Gasteiger charge is 2.04. The number of aryl methyl sites for hydroxylation is 2. The summed E-state index contributed by atoms with van der Waals surface area (Å²) in [6.07, 6.45) is 8.53. The first kappa shape index (κ1) is 17.6. The van der Waals surface area contributed by atoms with Gasteiger partial charge in [0.2, 0.25) is 0 Å². The van der Waals surface area contributed by atoms with E-state index in [2.05, 4.69) is 57.0 Å². The molecule has 0 N–H and O–H groups in total. The van der Waals surface area contributed by atoms with Crippen LogP contribution >= 0.6 is 0 Å². The van der Waals surface area contributed by atoms with Gasteiger partial charge in [-0.1, -0.05) is 55.5 Å². The number of allylic oxidation sites excluding steroid dienone is 5. The Morgan fingerprint density at radius 2 is 2.05 bits per heavy atom. The smallest absolute Gasteiger partial charge is 0.0879 e. The highest BCUT2D eigenvalue weighted by molar-refractivity contribution is 5.46. The maximum Gasteiger partial charge on any atom is 0.0879 e. The molecule has 0 amide bonds. The fraction of sp³-hybridized carbons (Fsp3) is 0.238. The predicted octanol–water partition coefficient (Wildman–Crippen LogP) is 5.14. The van der Waals surface area contributed by atoms with Crippen LogP contribution in [0.4, 0.5) is 0 Å². The Labute approximate surface area is 135 Å². The largest absolute Gasteiger partial charge is 0.342 e. The van der Waals surface area contributed by atoms with Gasteiger partial charge in [-0.3, -0.25) is 0 Å². The molecule has 0 unspecified atom stereocenters. The van der Waals surface area contributed by atoms with Crippen molar-refractivity contribution in [2.24, 2.45) is 0 Å². The normalized spacial score (nSPS) is 11.0. The Morgan fingerprint density at radius 1 is 1.32 bits per heavy atom. The van der Waals surface area contributed by atoms with Crippen molar-refractivity contribution in [3.63, 3.8) is 0 Å². The van der Waals surface area contributed by atoms with Crippen LogP contribution in [0.1, 0.15) is 30.0 Å². The molecule has 0 bridgehead atoms. The Morgan fingerprint density at radius 3 is 2.68 bits per heavy atom. The lowest BCUT2D eigenvalue weighted by Crippen LogP contribution is -2.15. The molecule has 0 aliphatic rings. The SMILES string of the molecule is C=C/C=C\CC(=C)N(C)/C(C#Cc1cc(C)ccc1C)=C\C. The Bertz CT molecular complexity index is 663. The van der Waals surface area contributed by atoms with E-state index in [0.717, 1.165) is 23.4 Å².